The van der Waals surface area contributed by atoms with E-state index in [0.717, 1.165) is 54.0 Å². The van der Waals surface area contributed by atoms with Gasteiger partial charge < -0.3 is 15.3 Å². The highest BCUT2D eigenvalue weighted by Crippen LogP contribution is 2.36. The van der Waals surface area contributed by atoms with Gasteiger partial charge in [0.1, 0.15) is 0 Å². The number of aliphatic hydroxyl groups is 1. The second-order valence-corrected chi connectivity index (χ2v) is 7.88. The van der Waals surface area contributed by atoms with Gasteiger partial charge in [-0.25, -0.2) is 9.50 Å². The van der Waals surface area contributed by atoms with Gasteiger partial charge in [0.2, 0.25) is 5.91 Å². The second kappa shape index (κ2) is 6.76. The molecule has 8 heteroatoms. The first-order valence-electron chi connectivity index (χ1n) is 9.47. The molecule has 1 fully saturated rings. The molecular formula is C20H20ClN5O2. The number of carbonyl (C=O) groups excluding carboxylic acids is 1. The van der Waals surface area contributed by atoms with E-state index in [1.165, 1.54) is 0 Å². The highest BCUT2D eigenvalue weighted by atomic mass is 35.5. The van der Waals surface area contributed by atoms with Crippen LogP contribution >= 0.6 is 11.6 Å². The molecule has 144 valence electrons. The smallest absolute Gasteiger partial charge is 0.244 e. The van der Waals surface area contributed by atoms with Crippen LogP contribution in [0.4, 0.5) is 11.5 Å². The van der Waals surface area contributed by atoms with Crippen molar-refractivity contribution in [2.24, 2.45) is 0 Å². The molecule has 28 heavy (non-hydrogen) atoms. The molecule has 2 N–H and O–H groups in total. The third-order valence-electron chi connectivity index (χ3n) is 5.60. The molecule has 1 amide bonds. The van der Waals surface area contributed by atoms with Crippen molar-refractivity contribution in [1.82, 2.24) is 14.6 Å². The Morgan fingerprint density at radius 1 is 1.18 bits per heavy atom. The summed E-state index contributed by atoms with van der Waals surface area (Å²) in [4.78, 5) is 19.2. The Balaban J connectivity index is 1.57. The van der Waals surface area contributed by atoms with Crippen LogP contribution in [0.3, 0.4) is 0 Å². The van der Waals surface area contributed by atoms with E-state index in [9.17, 15) is 9.90 Å². The average Bonchev–Trinajstić information content (AvgIpc) is 3.10. The molecular weight excluding hydrogens is 378 g/mol. The Morgan fingerprint density at radius 3 is 2.82 bits per heavy atom. The zero-order valence-corrected chi connectivity index (χ0v) is 15.9. The minimum atomic E-state index is -0.239. The van der Waals surface area contributed by atoms with E-state index in [0.29, 0.717) is 5.02 Å². The van der Waals surface area contributed by atoms with E-state index < -0.39 is 0 Å². The third-order valence-corrected chi connectivity index (χ3v) is 5.84. The minimum absolute atomic E-state index is 0.0315. The largest absolute Gasteiger partial charge is 0.393 e. The first kappa shape index (κ1) is 17.5. The molecule has 3 aromatic rings. The standard InChI is InChI=1S/C20H20ClN5O2/c21-12-7-8-26-18(9-12)15(10-22-26)16-5-6-17-20(24-16)25(11-19(28)23-17)13-1-3-14(27)4-2-13/h5-10,13-14,27H,1-4,11H2,(H,23,28). The number of pyridine rings is 2. The molecule has 7 nitrogen and oxygen atoms in total. The van der Waals surface area contributed by atoms with Crippen LogP contribution in [-0.2, 0) is 4.79 Å². The molecule has 1 aliphatic carbocycles. The lowest BCUT2D eigenvalue weighted by atomic mass is 9.91. The number of halogens is 1. The Morgan fingerprint density at radius 2 is 2.00 bits per heavy atom. The van der Waals surface area contributed by atoms with Crippen molar-refractivity contribution in [1.29, 1.82) is 0 Å². The van der Waals surface area contributed by atoms with Gasteiger partial charge in [-0.1, -0.05) is 11.6 Å². The van der Waals surface area contributed by atoms with E-state index in [1.807, 2.05) is 24.4 Å². The summed E-state index contributed by atoms with van der Waals surface area (Å²) in [7, 11) is 0. The fourth-order valence-corrected chi connectivity index (χ4v) is 4.32. The number of amides is 1. The molecule has 0 saturated heterocycles. The predicted octanol–water partition coefficient (Wildman–Crippen LogP) is 3.11. The summed E-state index contributed by atoms with van der Waals surface area (Å²) in [5.41, 5.74) is 3.28. The Labute approximate surface area is 166 Å². The topological polar surface area (TPSA) is 82.8 Å². The molecule has 2 aliphatic rings. The van der Waals surface area contributed by atoms with Crippen LogP contribution in [-0.4, -0.2) is 44.3 Å². The highest BCUT2D eigenvalue weighted by molar-refractivity contribution is 6.31. The quantitative estimate of drug-likeness (QED) is 0.694. The third kappa shape index (κ3) is 3.00. The van der Waals surface area contributed by atoms with Crippen molar-refractivity contribution in [2.75, 3.05) is 16.8 Å². The molecule has 1 aliphatic heterocycles. The van der Waals surface area contributed by atoms with Gasteiger partial charge in [0.15, 0.2) is 5.82 Å². The van der Waals surface area contributed by atoms with E-state index in [2.05, 4.69) is 15.3 Å². The molecule has 0 atom stereocenters. The number of rotatable bonds is 2. The zero-order valence-electron chi connectivity index (χ0n) is 15.2. The van der Waals surface area contributed by atoms with Crippen molar-refractivity contribution in [3.8, 4) is 11.3 Å². The van der Waals surface area contributed by atoms with Gasteiger partial charge in [-0.3, -0.25) is 4.79 Å². The Kier molecular flexibility index (Phi) is 4.21. The van der Waals surface area contributed by atoms with E-state index >= 15 is 0 Å². The number of nitrogens with one attached hydrogen (secondary N) is 1. The Hall–Kier alpha value is -2.64. The molecule has 0 unspecified atom stereocenters. The lowest BCUT2D eigenvalue weighted by Gasteiger charge is -2.39. The van der Waals surface area contributed by atoms with Crippen LogP contribution in [0.5, 0.6) is 0 Å². The summed E-state index contributed by atoms with van der Waals surface area (Å²) in [5.74, 6) is 0.746. The van der Waals surface area contributed by atoms with Crippen molar-refractivity contribution >= 4 is 34.5 Å². The van der Waals surface area contributed by atoms with Gasteiger partial charge in [-0.2, -0.15) is 5.10 Å². The number of fused-ring (bicyclic) bond motifs is 2. The van der Waals surface area contributed by atoms with Crippen LogP contribution in [0.25, 0.3) is 16.8 Å². The Bertz CT molecular complexity index is 1060. The van der Waals surface area contributed by atoms with Crippen LogP contribution < -0.4 is 10.2 Å². The predicted molar refractivity (Wildman–Crippen MR) is 108 cm³/mol. The fraction of sp³-hybridized carbons (Fsp3) is 0.350. The zero-order chi connectivity index (χ0) is 19.3. The van der Waals surface area contributed by atoms with E-state index in [1.54, 1.807) is 16.8 Å². The molecule has 0 radical (unpaired) electrons. The van der Waals surface area contributed by atoms with Crippen LogP contribution in [0, 0.1) is 0 Å². The maximum atomic E-state index is 12.2. The van der Waals surface area contributed by atoms with E-state index in [4.69, 9.17) is 16.6 Å². The number of anilines is 2. The van der Waals surface area contributed by atoms with Gasteiger partial charge in [0.05, 0.1) is 35.7 Å². The first-order valence-corrected chi connectivity index (χ1v) is 9.85. The molecule has 5 rings (SSSR count). The molecule has 4 heterocycles. The lowest BCUT2D eigenvalue weighted by molar-refractivity contribution is -0.115. The number of aliphatic hydroxyl groups excluding tert-OH is 1. The van der Waals surface area contributed by atoms with E-state index in [-0.39, 0.29) is 24.6 Å². The lowest BCUT2D eigenvalue weighted by Crippen LogP contribution is -2.47. The summed E-state index contributed by atoms with van der Waals surface area (Å²) in [5, 5.41) is 17.8. The normalized spacial score (nSPS) is 22.2. The van der Waals surface area contributed by atoms with Crippen LogP contribution in [0.15, 0.2) is 36.7 Å². The number of nitrogens with zero attached hydrogens (tertiary/aromatic N) is 4. The molecule has 1 saturated carbocycles. The second-order valence-electron chi connectivity index (χ2n) is 7.44. The maximum absolute atomic E-state index is 12.2. The number of hydrogen-bond donors (Lipinski definition) is 2. The fourth-order valence-electron chi connectivity index (χ4n) is 4.16. The van der Waals surface area contributed by atoms with Crippen LogP contribution in [0.2, 0.25) is 5.02 Å². The SMILES string of the molecule is O=C1CN(C2CCC(O)CC2)c2nc(-c3cnn4ccc(Cl)cc34)ccc2N1. The van der Waals surface area contributed by atoms with Crippen molar-refractivity contribution in [3.63, 3.8) is 0 Å². The van der Waals surface area contributed by atoms with Crippen molar-refractivity contribution in [2.45, 2.75) is 37.8 Å². The van der Waals surface area contributed by atoms with Gasteiger partial charge in [-0.15, -0.1) is 0 Å². The van der Waals surface area contributed by atoms with Crippen LogP contribution in [0.1, 0.15) is 25.7 Å². The van der Waals surface area contributed by atoms with Gasteiger partial charge in [0.25, 0.3) is 0 Å². The highest BCUT2D eigenvalue weighted by Gasteiger charge is 2.32. The van der Waals surface area contributed by atoms with Gasteiger partial charge in [0, 0.05) is 22.8 Å². The summed E-state index contributed by atoms with van der Waals surface area (Å²) in [6.45, 7) is 0.283. The van der Waals surface area contributed by atoms with Gasteiger partial charge >= 0.3 is 0 Å². The number of carbonyl (C=O) groups is 1. The average molecular weight is 398 g/mol. The molecule has 3 aromatic heterocycles. The molecule has 0 aromatic carbocycles. The summed E-state index contributed by atoms with van der Waals surface area (Å²) in [6, 6.07) is 7.65. The monoisotopic (exact) mass is 397 g/mol. The number of aromatic nitrogens is 3. The van der Waals surface area contributed by atoms with Crippen molar-refractivity contribution in [3.05, 3.63) is 41.7 Å². The number of hydrogen-bond acceptors (Lipinski definition) is 5. The van der Waals surface area contributed by atoms with Crippen molar-refractivity contribution < 1.29 is 9.90 Å². The summed E-state index contributed by atoms with van der Waals surface area (Å²) < 4.78 is 1.77. The molecule has 0 spiro atoms. The maximum Gasteiger partial charge on any atom is 0.244 e. The summed E-state index contributed by atoms with van der Waals surface area (Å²) in [6.07, 6.45) is 6.58. The molecule has 0 bridgehead atoms. The van der Waals surface area contributed by atoms with Gasteiger partial charge in [-0.05, 0) is 49.9 Å². The minimum Gasteiger partial charge on any atom is -0.393 e. The first-order chi connectivity index (χ1) is 13.6. The summed E-state index contributed by atoms with van der Waals surface area (Å²) >= 11 is 6.17.